The molecule has 4 nitrogen and oxygen atoms in total. The molecule has 0 spiro atoms. The van der Waals surface area contributed by atoms with Gasteiger partial charge in [-0.3, -0.25) is 4.90 Å². The lowest BCUT2D eigenvalue weighted by Crippen LogP contribution is -2.44. The van der Waals surface area contributed by atoms with Crippen LogP contribution in [0, 0.1) is 5.92 Å². The lowest BCUT2D eigenvalue weighted by atomic mass is 10.1. The molecular weight excluding hydrogens is 252 g/mol. The lowest BCUT2D eigenvalue weighted by molar-refractivity contribution is 0.0661. The second-order valence-corrected chi connectivity index (χ2v) is 5.67. The second-order valence-electron chi connectivity index (χ2n) is 5.67. The van der Waals surface area contributed by atoms with Crippen LogP contribution in [0.15, 0.2) is 0 Å². The Morgan fingerprint density at radius 2 is 1.50 bits per heavy atom. The largest absolute Gasteiger partial charge is 0.380 e. The summed E-state index contributed by atoms with van der Waals surface area (Å²) in [7, 11) is 0. The van der Waals surface area contributed by atoms with Gasteiger partial charge < -0.3 is 14.8 Å². The molecule has 20 heavy (non-hydrogen) atoms. The molecule has 0 heterocycles. The second kappa shape index (κ2) is 13.8. The molecule has 0 aliphatic heterocycles. The number of hydrogen-bond donors (Lipinski definition) is 1. The van der Waals surface area contributed by atoms with Crippen molar-refractivity contribution in [3.8, 4) is 0 Å². The normalized spacial score (nSPS) is 13.3. The van der Waals surface area contributed by atoms with Gasteiger partial charge in [0.05, 0.1) is 13.2 Å². The Hall–Kier alpha value is -0.160. The SMILES string of the molecule is CCOCCN(CCOCC)C(C)CNCCC(C)C. The molecule has 0 aromatic rings. The van der Waals surface area contributed by atoms with E-state index in [9.17, 15) is 0 Å². The van der Waals surface area contributed by atoms with Crippen molar-refractivity contribution in [2.75, 3.05) is 52.6 Å². The molecule has 0 bridgehead atoms. The molecule has 0 radical (unpaired) electrons. The summed E-state index contributed by atoms with van der Waals surface area (Å²) in [4.78, 5) is 2.45. The van der Waals surface area contributed by atoms with Crippen molar-refractivity contribution < 1.29 is 9.47 Å². The quantitative estimate of drug-likeness (QED) is 0.498. The maximum absolute atomic E-state index is 5.47. The summed E-state index contributed by atoms with van der Waals surface area (Å²) in [5.74, 6) is 0.768. The van der Waals surface area contributed by atoms with Gasteiger partial charge in [0.2, 0.25) is 0 Å². The average Bonchev–Trinajstić information content (AvgIpc) is 2.42. The minimum absolute atomic E-state index is 0.517. The molecule has 1 unspecified atom stereocenters. The van der Waals surface area contributed by atoms with Crippen LogP contribution in [0.2, 0.25) is 0 Å². The van der Waals surface area contributed by atoms with Crippen LogP contribution in [0.4, 0.5) is 0 Å². The molecule has 0 fully saturated rings. The molecule has 122 valence electrons. The molecule has 0 amide bonds. The van der Waals surface area contributed by atoms with Gasteiger partial charge in [-0.05, 0) is 39.7 Å². The van der Waals surface area contributed by atoms with Crippen molar-refractivity contribution in [1.82, 2.24) is 10.2 Å². The summed E-state index contributed by atoms with van der Waals surface area (Å²) in [5.41, 5.74) is 0. The number of ether oxygens (including phenoxy) is 2. The van der Waals surface area contributed by atoms with Crippen molar-refractivity contribution in [3.63, 3.8) is 0 Å². The Morgan fingerprint density at radius 1 is 0.950 bits per heavy atom. The molecule has 0 aromatic carbocycles. The first-order chi connectivity index (χ1) is 9.61. The summed E-state index contributed by atoms with van der Waals surface area (Å²) in [6.07, 6.45) is 1.24. The molecule has 1 N–H and O–H groups in total. The van der Waals surface area contributed by atoms with Gasteiger partial charge in [0.1, 0.15) is 0 Å². The van der Waals surface area contributed by atoms with E-state index in [0.29, 0.717) is 6.04 Å². The van der Waals surface area contributed by atoms with Crippen LogP contribution in [0.25, 0.3) is 0 Å². The van der Waals surface area contributed by atoms with Crippen LogP contribution in [0.3, 0.4) is 0 Å². The molecule has 4 heteroatoms. The maximum Gasteiger partial charge on any atom is 0.0593 e. The van der Waals surface area contributed by atoms with E-state index in [2.05, 4.69) is 31.0 Å². The fraction of sp³-hybridized carbons (Fsp3) is 1.00. The van der Waals surface area contributed by atoms with Crippen molar-refractivity contribution >= 4 is 0 Å². The zero-order valence-corrected chi connectivity index (χ0v) is 14.3. The fourth-order valence-corrected chi connectivity index (χ4v) is 2.04. The summed E-state index contributed by atoms with van der Waals surface area (Å²) in [5, 5.41) is 3.55. The van der Waals surface area contributed by atoms with Gasteiger partial charge >= 0.3 is 0 Å². The van der Waals surface area contributed by atoms with Crippen LogP contribution in [-0.4, -0.2) is 63.5 Å². The number of nitrogens with zero attached hydrogens (tertiary/aromatic N) is 1. The van der Waals surface area contributed by atoms with Crippen LogP contribution >= 0.6 is 0 Å². The summed E-state index contributed by atoms with van der Waals surface area (Å²) < 4.78 is 10.9. The van der Waals surface area contributed by atoms with E-state index in [-0.39, 0.29) is 0 Å². The van der Waals surface area contributed by atoms with E-state index in [1.807, 2.05) is 13.8 Å². The Balaban J connectivity index is 3.93. The minimum atomic E-state index is 0.517. The summed E-state index contributed by atoms with van der Waals surface area (Å²) in [6, 6.07) is 0.517. The third kappa shape index (κ3) is 11.6. The van der Waals surface area contributed by atoms with Crippen LogP contribution < -0.4 is 5.32 Å². The van der Waals surface area contributed by atoms with Crippen molar-refractivity contribution in [3.05, 3.63) is 0 Å². The summed E-state index contributed by atoms with van der Waals surface area (Å²) in [6.45, 7) is 18.2. The van der Waals surface area contributed by atoms with Crippen molar-refractivity contribution in [1.29, 1.82) is 0 Å². The monoisotopic (exact) mass is 288 g/mol. The van der Waals surface area contributed by atoms with Crippen LogP contribution in [0.5, 0.6) is 0 Å². The molecule has 0 rings (SSSR count). The molecule has 0 aromatic heterocycles. The van der Waals surface area contributed by atoms with Gasteiger partial charge in [-0.15, -0.1) is 0 Å². The first-order valence-corrected chi connectivity index (χ1v) is 8.22. The predicted molar refractivity (Wildman–Crippen MR) is 86.3 cm³/mol. The molecule has 0 saturated carbocycles. The van der Waals surface area contributed by atoms with Crippen LogP contribution in [0.1, 0.15) is 41.0 Å². The smallest absolute Gasteiger partial charge is 0.0593 e. The Bertz CT molecular complexity index is 191. The molecule has 0 aliphatic carbocycles. The predicted octanol–water partition coefficient (Wildman–Crippen LogP) is 2.39. The molecular formula is C16H36N2O2. The van der Waals surface area contributed by atoms with Crippen LogP contribution in [-0.2, 0) is 9.47 Å². The third-order valence-corrected chi connectivity index (χ3v) is 3.42. The first-order valence-electron chi connectivity index (χ1n) is 8.22. The number of rotatable bonds is 14. The zero-order chi connectivity index (χ0) is 15.2. The third-order valence-electron chi connectivity index (χ3n) is 3.42. The van der Waals surface area contributed by atoms with Crippen molar-refractivity contribution in [2.45, 2.75) is 47.1 Å². The summed E-state index contributed by atoms with van der Waals surface area (Å²) >= 11 is 0. The number of nitrogens with one attached hydrogen (secondary N) is 1. The maximum atomic E-state index is 5.47. The minimum Gasteiger partial charge on any atom is -0.380 e. The van der Waals surface area contributed by atoms with Crippen molar-refractivity contribution in [2.24, 2.45) is 5.92 Å². The highest BCUT2D eigenvalue weighted by Crippen LogP contribution is 2.00. The zero-order valence-electron chi connectivity index (χ0n) is 14.3. The van der Waals surface area contributed by atoms with E-state index < -0.39 is 0 Å². The van der Waals surface area contributed by atoms with E-state index in [0.717, 1.165) is 58.5 Å². The standard InChI is InChI=1S/C16H36N2O2/c1-6-19-12-10-18(11-13-20-7-2)16(5)14-17-9-8-15(3)4/h15-17H,6-14H2,1-5H3. The Labute approximate surface area is 126 Å². The molecule has 0 aliphatic rings. The molecule has 0 saturated heterocycles. The van der Waals surface area contributed by atoms with E-state index in [1.54, 1.807) is 0 Å². The molecule has 1 atom stereocenters. The highest BCUT2D eigenvalue weighted by molar-refractivity contribution is 4.70. The Kier molecular flexibility index (Phi) is 13.7. The topological polar surface area (TPSA) is 33.7 Å². The highest BCUT2D eigenvalue weighted by Gasteiger charge is 2.13. The Morgan fingerprint density at radius 3 is 1.95 bits per heavy atom. The van der Waals surface area contributed by atoms with E-state index in [1.165, 1.54) is 6.42 Å². The van der Waals surface area contributed by atoms with Gasteiger partial charge in [0.25, 0.3) is 0 Å². The average molecular weight is 288 g/mol. The fourth-order valence-electron chi connectivity index (χ4n) is 2.04. The lowest BCUT2D eigenvalue weighted by Gasteiger charge is -2.29. The number of hydrogen-bond acceptors (Lipinski definition) is 4. The van der Waals surface area contributed by atoms with E-state index in [4.69, 9.17) is 9.47 Å². The highest BCUT2D eigenvalue weighted by atomic mass is 16.5. The first kappa shape index (κ1) is 19.8. The van der Waals surface area contributed by atoms with Gasteiger partial charge in [-0.1, -0.05) is 13.8 Å². The van der Waals surface area contributed by atoms with Gasteiger partial charge in [0, 0.05) is 38.9 Å². The van der Waals surface area contributed by atoms with E-state index >= 15 is 0 Å². The van der Waals surface area contributed by atoms with Gasteiger partial charge in [-0.2, -0.15) is 0 Å². The van der Waals surface area contributed by atoms with Gasteiger partial charge in [0.15, 0.2) is 0 Å². The van der Waals surface area contributed by atoms with Gasteiger partial charge in [-0.25, -0.2) is 0 Å².